The smallest absolute Gasteiger partial charge is 0.225 e. The van der Waals surface area contributed by atoms with E-state index in [0.717, 1.165) is 17.9 Å². The Morgan fingerprint density at radius 3 is 3.05 bits per heavy atom. The van der Waals surface area contributed by atoms with Crippen molar-refractivity contribution in [1.82, 2.24) is 25.5 Å². The van der Waals surface area contributed by atoms with Crippen molar-refractivity contribution in [1.29, 1.82) is 0 Å². The highest BCUT2D eigenvalue weighted by Gasteiger charge is 2.04. The van der Waals surface area contributed by atoms with Gasteiger partial charge in [0, 0.05) is 18.7 Å². The second-order valence-corrected chi connectivity index (χ2v) is 3.96. The lowest BCUT2D eigenvalue weighted by atomic mass is 10.2. The summed E-state index contributed by atoms with van der Waals surface area (Å²) in [6.45, 7) is 3.55. The molecule has 0 unspecified atom stereocenters. The molecule has 0 fully saturated rings. The van der Waals surface area contributed by atoms with Crippen molar-refractivity contribution in [3.63, 3.8) is 0 Å². The van der Waals surface area contributed by atoms with Crippen LogP contribution in [0.15, 0.2) is 30.6 Å². The molecule has 0 bridgehead atoms. The van der Waals surface area contributed by atoms with Crippen LogP contribution in [0.5, 0.6) is 0 Å². The fourth-order valence-electron chi connectivity index (χ4n) is 1.61. The molecular weight excluding hydrogens is 244 g/mol. The standard InChI is InChI=1S/C12H16N6O/c1-2-13-7-6-12(19)15-10-4-3-5-11(8-10)18-9-14-16-17-18/h3-5,8-9,13H,2,6-7H2,1H3,(H,15,19). The molecule has 1 aromatic heterocycles. The van der Waals surface area contributed by atoms with E-state index in [9.17, 15) is 4.79 Å². The lowest BCUT2D eigenvalue weighted by Gasteiger charge is -2.07. The number of carbonyl (C=O) groups is 1. The molecule has 1 heterocycles. The third kappa shape index (κ3) is 3.85. The van der Waals surface area contributed by atoms with E-state index >= 15 is 0 Å². The van der Waals surface area contributed by atoms with Crippen LogP contribution in [0.3, 0.4) is 0 Å². The molecule has 2 N–H and O–H groups in total. The van der Waals surface area contributed by atoms with Crippen molar-refractivity contribution in [3.8, 4) is 5.69 Å². The number of aromatic nitrogens is 4. The summed E-state index contributed by atoms with van der Waals surface area (Å²) in [5.74, 6) is -0.0187. The van der Waals surface area contributed by atoms with Crippen LogP contribution in [0.2, 0.25) is 0 Å². The highest BCUT2D eigenvalue weighted by atomic mass is 16.1. The van der Waals surface area contributed by atoms with Gasteiger partial charge in [-0.3, -0.25) is 4.79 Å². The molecule has 0 spiro atoms. The summed E-state index contributed by atoms with van der Waals surface area (Å²) in [6, 6.07) is 7.36. The summed E-state index contributed by atoms with van der Waals surface area (Å²) in [7, 11) is 0. The number of benzene rings is 1. The molecule has 2 aromatic rings. The molecule has 0 radical (unpaired) electrons. The molecule has 19 heavy (non-hydrogen) atoms. The highest BCUT2D eigenvalue weighted by molar-refractivity contribution is 5.91. The minimum absolute atomic E-state index is 0.0187. The second kappa shape index (κ2) is 6.60. The van der Waals surface area contributed by atoms with Gasteiger partial charge in [0.15, 0.2) is 0 Å². The molecule has 0 saturated carbocycles. The zero-order chi connectivity index (χ0) is 13.5. The molecule has 0 aliphatic carbocycles. The van der Waals surface area contributed by atoms with Crippen LogP contribution in [-0.2, 0) is 4.79 Å². The first-order valence-corrected chi connectivity index (χ1v) is 6.13. The van der Waals surface area contributed by atoms with Crippen molar-refractivity contribution in [3.05, 3.63) is 30.6 Å². The number of anilines is 1. The predicted molar refractivity (Wildman–Crippen MR) is 70.9 cm³/mol. The summed E-state index contributed by atoms with van der Waals surface area (Å²) in [5.41, 5.74) is 1.53. The summed E-state index contributed by atoms with van der Waals surface area (Å²) < 4.78 is 1.54. The van der Waals surface area contributed by atoms with Crippen molar-refractivity contribution < 1.29 is 4.79 Å². The molecule has 2 rings (SSSR count). The van der Waals surface area contributed by atoms with E-state index < -0.39 is 0 Å². The first-order chi connectivity index (χ1) is 9.29. The molecular formula is C12H16N6O. The molecule has 1 amide bonds. The summed E-state index contributed by atoms with van der Waals surface area (Å²) in [4.78, 5) is 11.7. The summed E-state index contributed by atoms with van der Waals surface area (Å²) in [6.07, 6.45) is 1.95. The fourth-order valence-corrected chi connectivity index (χ4v) is 1.61. The Bertz CT molecular complexity index is 525. The lowest BCUT2D eigenvalue weighted by molar-refractivity contribution is -0.116. The van der Waals surface area contributed by atoms with Gasteiger partial charge in [0.25, 0.3) is 0 Å². The maximum atomic E-state index is 11.7. The maximum Gasteiger partial charge on any atom is 0.225 e. The van der Waals surface area contributed by atoms with Gasteiger partial charge in [-0.1, -0.05) is 13.0 Å². The van der Waals surface area contributed by atoms with Crippen LogP contribution < -0.4 is 10.6 Å². The Morgan fingerprint density at radius 2 is 2.32 bits per heavy atom. The normalized spacial score (nSPS) is 10.4. The van der Waals surface area contributed by atoms with Gasteiger partial charge in [-0.05, 0) is 35.2 Å². The zero-order valence-corrected chi connectivity index (χ0v) is 10.7. The van der Waals surface area contributed by atoms with E-state index in [2.05, 4.69) is 26.2 Å². The summed E-state index contributed by atoms with van der Waals surface area (Å²) in [5, 5.41) is 16.9. The average molecular weight is 260 g/mol. The van der Waals surface area contributed by atoms with Crippen molar-refractivity contribution in [2.75, 3.05) is 18.4 Å². The van der Waals surface area contributed by atoms with Crippen LogP contribution in [0.4, 0.5) is 5.69 Å². The van der Waals surface area contributed by atoms with Crippen LogP contribution in [0.1, 0.15) is 13.3 Å². The van der Waals surface area contributed by atoms with Gasteiger partial charge in [0.1, 0.15) is 6.33 Å². The van der Waals surface area contributed by atoms with Gasteiger partial charge in [-0.15, -0.1) is 5.10 Å². The SMILES string of the molecule is CCNCCC(=O)Nc1cccc(-n2cnnn2)c1. The quantitative estimate of drug-likeness (QED) is 0.743. The van der Waals surface area contributed by atoms with E-state index in [0.29, 0.717) is 13.0 Å². The predicted octanol–water partition coefficient (Wildman–Crippen LogP) is 0.600. The van der Waals surface area contributed by atoms with E-state index in [1.165, 1.54) is 11.0 Å². The number of hydrogen-bond acceptors (Lipinski definition) is 5. The van der Waals surface area contributed by atoms with Crippen LogP contribution in [-0.4, -0.2) is 39.2 Å². The Kier molecular flexibility index (Phi) is 4.57. The van der Waals surface area contributed by atoms with Gasteiger partial charge in [0.2, 0.25) is 5.91 Å². The Labute approximate surface area is 111 Å². The van der Waals surface area contributed by atoms with Crippen LogP contribution in [0, 0.1) is 0 Å². The number of tetrazole rings is 1. The van der Waals surface area contributed by atoms with Crippen molar-refractivity contribution >= 4 is 11.6 Å². The number of nitrogens with one attached hydrogen (secondary N) is 2. The molecule has 0 atom stereocenters. The third-order valence-electron chi connectivity index (χ3n) is 2.52. The Hall–Kier alpha value is -2.28. The topological polar surface area (TPSA) is 84.7 Å². The second-order valence-electron chi connectivity index (χ2n) is 3.96. The van der Waals surface area contributed by atoms with Crippen molar-refractivity contribution in [2.24, 2.45) is 0 Å². The lowest BCUT2D eigenvalue weighted by Crippen LogP contribution is -2.21. The Balaban J connectivity index is 1.97. The molecule has 7 heteroatoms. The maximum absolute atomic E-state index is 11.7. The Morgan fingerprint density at radius 1 is 1.42 bits per heavy atom. The fraction of sp³-hybridized carbons (Fsp3) is 0.333. The third-order valence-corrected chi connectivity index (χ3v) is 2.52. The minimum Gasteiger partial charge on any atom is -0.326 e. The van der Waals surface area contributed by atoms with E-state index in [1.807, 2.05) is 31.2 Å². The number of carbonyl (C=O) groups excluding carboxylic acids is 1. The first-order valence-electron chi connectivity index (χ1n) is 6.13. The largest absolute Gasteiger partial charge is 0.326 e. The van der Waals surface area contributed by atoms with E-state index in [1.54, 1.807) is 0 Å². The zero-order valence-electron chi connectivity index (χ0n) is 10.7. The monoisotopic (exact) mass is 260 g/mol. The van der Waals surface area contributed by atoms with Gasteiger partial charge in [-0.2, -0.15) is 0 Å². The number of nitrogens with zero attached hydrogens (tertiary/aromatic N) is 4. The average Bonchev–Trinajstić information content (AvgIpc) is 2.93. The molecule has 100 valence electrons. The highest BCUT2D eigenvalue weighted by Crippen LogP contribution is 2.13. The summed E-state index contributed by atoms with van der Waals surface area (Å²) >= 11 is 0. The van der Waals surface area contributed by atoms with Crippen LogP contribution >= 0.6 is 0 Å². The number of amides is 1. The molecule has 0 aliphatic heterocycles. The van der Waals surface area contributed by atoms with Gasteiger partial charge in [-0.25, -0.2) is 4.68 Å². The van der Waals surface area contributed by atoms with E-state index in [-0.39, 0.29) is 5.91 Å². The van der Waals surface area contributed by atoms with Crippen LogP contribution in [0.25, 0.3) is 5.69 Å². The van der Waals surface area contributed by atoms with Gasteiger partial charge >= 0.3 is 0 Å². The molecule has 1 aromatic carbocycles. The molecule has 0 saturated heterocycles. The first kappa shape index (κ1) is 13.2. The number of rotatable bonds is 6. The van der Waals surface area contributed by atoms with E-state index in [4.69, 9.17) is 0 Å². The van der Waals surface area contributed by atoms with Gasteiger partial charge < -0.3 is 10.6 Å². The molecule has 7 nitrogen and oxygen atoms in total. The minimum atomic E-state index is -0.0187. The van der Waals surface area contributed by atoms with Crippen molar-refractivity contribution in [2.45, 2.75) is 13.3 Å². The van der Waals surface area contributed by atoms with Gasteiger partial charge in [0.05, 0.1) is 5.69 Å². The molecule has 0 aliphatic rings. The number of hydrogen-bond donors (Lipinski definition) is 2.